The first kappa shape index (κ1) is 26.9. The Labute approximate surface area is 200 Å². The summed E-state index contributed by atoms with van der Waals surface area (Å²) >= 11 is 0. The number of carbonyl (C=O) groups is 1. The minimum atomic E-state index is -0.196. The van der Waals surface area contributed by atoms with Gasteiger partial charge in [0, 0.05) is 5.69 Å². The number of amides is 1. The van der Waals surface area contributed by atoms with Gasteiger partial charge in [0.2, 0.25) is 0 Å². The van der Waals surface area contributed by atoms with Crippen LogP contribution in [0.15, 0.2) is 42.5 Å². The van der Waals surface area contributed by atoms with Crippen molar-refractivity contribution in [3.63, 3.8) is 0 Å². The number of hydrogen-bond donors (Lipinski definition) is 2. The highest BCUT2D eigenvalue weighted by molar-refractivity contribution is 6.06. The fraction of sp³-hybridized carbons (Fsp3) is 0.552. The largest absolute Gasteiger partial charge is 0.493 e. The second-order valence-electron chi connectivity index (χ2n) is 9.05. The number of anilines is 1. The molecule has 0 atom stereocenters. The van der Waals surface area contributed by atoms with Crippen LogP contribution in [0.3, 0.4) is 0 Å². The molecule has 0 aromatic heterocycles. The zero-order valence-electron chi connectivity index (χ0n) is 20.7. The molecule has 0 heterocycles. The van der Waals surface area contributed by atoms with Crippen molar-refractivity contribution in [1.29, 1.82) is 0 Å². The van der Waals surface area contributed by atoms with Crippen LogP contribution in [0.2, 0.25) is 0 Å². The van der Waals surface area contributed by atoms with Crippen LogP contribution in [-0.4, -0.2) is 17.6 Å². The van der Waals surface area contributed by atoms with Crippen molar-refractivity contribution in [2.24, 2.45) is 0 Å². The van der Waals surface area contributed by atoms with Crippen molar-refractivity contribution in [2.75, 3.05) is 11.9 Å². The molecule has 2 rings (SSSR count). The molecule has 4 heteroatoms. The van der Waals surface area contributed by atoms with Crippen molar-refractivity contribution in [3.8, 4) is 5.75 Å². The van der Waals surface area contributed by atoms with Crippen LogP contribution in [-0.2, 0) is 6.61 Å². The Hall–Kier alpha value is -2.33. The number of aliphatic hydroxyl groups is 1. The van der Waals surface area contributed by atoms with Gasteiger partial charge in [-0.1, -0.05) is 101 Å². The normalized spacial score (nSPS) is 10.9. The van der Waals surface area contributed by atoms with Crippen molar-refractivity contribution >= 4 is 11.6 Å². The number of aryl methyl sites for hydroxylation is 1. The van der Waals surface area contributed by atoms with E-state index in [1.807, 2.05) is 43.3 Å². The molecule has 0 saturated heterocycles. The second kappa shape index (κ2) is 16.3. The number of aliphatic hydroxyl groups excluding tert-OH is 1. The number of benzene rings is 2. The molecule has 182 valence electrons. The highest BCUT2D eigenvalue weighted by Gasteiger charge is 2.13. The predicted octanol–water partition coefficient (Wildman–Crippen LogP) is 7.82. The van der Waals surface area contributed by atoms with Gasteiger partial charge < -0.3 is 15.2 Å². The van der Waals surface area contributed by atoms with E-state index in [1.165, 1.54) is 64.2 Å². The summed E-state index contributed by atoms with van der Waals surface area (Å²) < 4.78 is 5.99. The third kappa shape index (κ3) is 10.9. The van der Waals surface area contributed by atoms with Gasteiger partial charge in [-0.3, -0.25) is 4.79 Å². The molecular formula is C29H43NO3. The van der Waals surface area contributed by atoms with Crippen LogP contribution in [0.4, 0.5) is 5.69 Å². The number of hydrogen-bond acceptors (Lipinski definition) is 3. The average molecular weight is 454 g/mol. The Kier molecular flexibility index (Phi) is 13.3. The predicted molar refractivity (Wildman–Crippen MR) is 138 cm³/mol. The lowest BCUT2D eigenvalue weighted by molar-refractivity contribution is 0.102. The van der Waals surface area contributed by atoms with Gasteiger partial charge in [0.1, 0.15) is 5.75 Å². The van der Waals surface area contributed by atoms with E-state index in [4.69, 9.17) is 4.74 Å². The van der Waals surface area contributed by atoms with Crippen molar-refractivity contribution < 1.29 is 14.6 Å². The Morgan fingerprint density at radius 2 is 1.48 bits per heavy atom. The van der Waals surface area contributed by atoms with Crippen molar-refractivity contribution in [3.05, 3.63) is 59.2 Å². The molecule has 0 saturated carbocycles. The number of nitrogens with one attached hydrogen (secondary N) is 1. The first-order valence-electron chi connectivity index (χ1n) is 12.9. The molecule has 2 N–H and O–H groups in total. The second-order valence-corrected chi connectivity index (χ2v) is 9.05. The van der Waals surface area contributed by atoms with E-state index in [0.29, 0.717) is 23.6 Å². The molecule has 0 aliphatic heterocycles. The molecule has 0 spiro atoms. The molecule has 2 aromatic carbocycles. The van der Waals surface area contributed by atoms with Gasteiger partial charge in [0.05, 0.1) is 18.8 Å². The lowest BCUT2D eigenvalue weighted by Gasteiger charge is -2.13. The summed E-state index contributed by atoms with van der Waals surface area (Å²) in [4.78, 5) is 12.9. The standard InChI is InChI=1S/C29H43NO3/c1-3-4-5-6-7-8-9-10-11-12-13-14-20-33-28-19-18-24(2)21-27(28)29(32)30-26-17-15-16-25(22-26)23-31/h15-19,21-22,31H,3-14,20,23H2,1-2H3,(H,30,32). The topological polar surface area (TPSA) is 58.6 Å². The summed E-state index contributed by atoms with van der Waals surface area (Å²) in [5.41, 5.74) is 2.99. The van der Waals surface area contributed by atoms with Gasteiger partial charge in [-0.2, -0.15) is 0 Å². The van der Waals surface area contributed by atoms with Crippen LogP contribution in [0.5, 0.6) is 5.75 Å². The lowest BCUT2D eigenvalue weighted by Crippen LogP contribution is -2.14. The number of ether oxygens (including phenoxy) is 1. The average Bonchev–Trinajstić information content (AvgIpc) is 2.82. The van der Waals surface area contributed by atoms with E-state index < -0.39 is 0 Å². The molecular weight excluding hydrogens is 410 g/mol. The SMILES string of the molecule is CCCCCCCCCCCCCCOc1ccc(C)cc1C(=O)Nc1cccc(CO)c1. The van der Waals surface area contributed by atoms with Gasteiger partial charge in [0.15, 0.2) is 0 Å². The lowest BCUT2D eigenvalue weighted by atomic mass is 10.1. The molecule has 1 amide bonds. The molecule has 2 aromatic rings. The monoisotopic (exact) mass is 453 g/mol. The zero-order chi connectivity index (χ0) is 23.7. The molecule has 0 bridgehead atoms. The molecule has 33 heavy (non-hydrogen) atoms. The van der Waals surface area contributed by atoms with Crippen LogP contribution < -0.4 is 10.1 Å². The molecule has 0 aliphatic carbocycles. The highest BCUT2D eigenvalue weighted by atomic mass is 16.5. The van der Waals surface area contributed by atoms with Gasteiger partial charge in [-0.05, 0) is 43.2 Å². The summed E-state index contributed by atoms with van der Waals surface area (Å²) in [6, 6.07) is 13.0. The summed E-state index contributed by atoms with van der Waals surface area (Å²) in [6.45, 7) is 4.81. The molecule has 4 nitrogen and oxygen atoms in total. The molecule has 0 radical (unpaired) electrons. The van der Waals surface area contributed by atoms with Crippen LogP contribution in [0.25, 0.3) is 0 Å². The fourth-order valence-electron chi connectivity index (χ4n) is 4.02. The highest BCUT2D eigenvalue weighted by Crippen LogP contribution is 2.23. The summed E-state index contributed by atoms with van der Waals surface area (Å²) in [5, 5.41) is 12.2. The van der Waals surface area contributed by atoms with Gasteiger partial charge >= 0.3 is 0 Å². The maximum atomic E-state index is 12.9. The van der Waals surface area contributed by atoms with E-state index in [2.05, 4.69) is 12.2 Å². The smallest absolute Gasteiger partial charge is 0.259 e. The van der Waals surface area contributed by atoms with E-state index in [0.717, 1.165) is 24.0 Å². The third-order valence-electron chi connectivity index (χ3n) is 6.00. The molecule has 0 unspecified atom stereocenters. The first-order chi connectivity index (χ1) is 16.1. The van der Waals surface area contributed by atoms with E-state index in [-0.39, 0.29) is 12.5 Å². The molecule has 0 aliphatic rings. The summed E-state index contributed by atoms with van der Waals surface area (Å²) in [6.07, 6.45) is 15.7. The Morgan fingerprint density at radius 1 is 0.848 bits per heavy atom. The van der Waals surface area contributed by atoms with Crippen LogP contribution >= 0.6 is 0 Å². The quantitative estimate of drug-likeness (QED) is 0.240. The summed E-state index contributed by atoms with van der Waals surface area (Å²) in [7, 11) is 0. The number of carbonyl (C=O) groups excluding carboxylic acids is 1. The summed E-state index contributed by atoms with van der Waals surface area (Å²) in [5.74, 6) is 0.429. The Bertz CT molecular complexity index is 818. The zero-order valence-corrected chi connectivity index (χ0v) is 20.7. The first-order valence-corrected chi connectivity index (χ1v) is 12.9. The van der Waals surface area contributed by atoms with Gasteiger partial charge in [-0.25, -0.2) is 0 Å². The van der Waals surface area contributed by atoms with Crippen LogP contribution in [0, 0.1) is 6.92 Å². The van der Waals surface area contributed by atoms with E-state index >= 15 is 0 Å². The number of unbranched alkanes of at least 4 members (excludes halogenated alkanes) is 11. The minimum Gasteiger partial charge on any atom is -0.493 e. The van der Waals surface area contributed by atoms with E-state index in [9.17, 15) is 9.90 Å². The fourth-order valence-corrected chi connectivity index (χ4v) is 4.02. The Balaban J connectivity index is 1.68. The third-order valence-corrected chi connectivity index (χ3v) is 6.00. The van der Waals surface area contributed by atoms with Crippen molar-refractivity contribution in [1.82, 2.24) is 0 Å². The van der Waals surface area contributed by atoms with Gasteiger partial charge in [-0.15, -0.1) is 0 Å². The minimum absolute atomic E-state index is 0.0540. The van der Waals surface area contributed by atoms with Crippen LogP contribution in [0.1, 0.15) is 105 Å². The Morgan fingerprint density at radius 3 is 2.12 bits per heavy atom. The van der Waals surface area contributed by atoms with E-state index in [1.54, 1.807) is 6.07 Å². The maximum absolute atomic E-state index is 12.9. The van der Waals surface area contributed by atoms with Crippen molar-refractivity contribution in [2.45, 2.75) is 97.5 Å². The molecule has 0 fully saturated rings. The maximum Gasteiger partial charge on any atom is 0.259 e. The number of rotatable bonds is 17. The van der Waals surface area contributed by atoms with Gasteiger partial charge in [0.25, 0.3) is 5.91 Å².